The van der Waals surface area contributed by atoms with Gasteiger partial charge in [-0.05, 0) is 58.6 Å². The Kier molecular flexibility index (Phi) is 5.63. The van der Waals surface area contributed by atoms with Crippen LogP contribution in [0.2, 0.25) is 0 Å². The maximum Gasteiger partial charge on any atom is 0.161 e. The second-order valence-electron chi connectivity index (χ2n) is 12.9. The molecule has 4 heteroatoms. The molecule has 0 fully saturated rings. The maximum atomic E-state index is 6.77. The van der Waals surface area contributed by atoms with Crippen LogP contribution in [0.1, 0.15) is 0 Å². The van der Waals surface area contributed by atoms with Crippen molar-refractivity contribution in [3.05, 3.63) is 164 Å². The Morgan fingerprint density at radius 1 is 0.460 bits per heavy atom. The summed E-state index contributed by atoms with van der Waals surface area (Å²) < 4.78 is 9.15. The fraction of sp³-hybridized carbons (Fsp3) is 0. The lowest BCUT2D eigenvalue weighted by Crippen LogP contribution is -1.96. The van der Waals surface area contributed by atoms with E-state index >= 15 is 0 Å². The average molecular weight is 638 g/mol. The quantitative estimate of drug-likeness (QED) is 0.194. The Morgan fingerprint density at radius 3 is 1.92 bits per heavy atom. The molecule has 0 unspecified atom stereocenters. The van der Waals surface area contributed by atoms with E-state index in [1.807, 2.05) is 6.07 Å². The molecule has 0 aliphatic rings. The van der Waals surface area contributed by atoms with Gasteiger partial charge in [-0.25, -0.2) is 9.97 Å². The van der Waals surface area contributed by atoms with E-state index in [-0.39, 0.29) is 0 Å². The smallest absolute Gasteiger partial charge is 0.161 e. The molecule has 3 aromatic heterocycles. The van der Waals surface area contributed by atoms with Gasteiger partial charge in [-0.15, -0.1) is 0 Å². The summed E-state index contributed by atoms with van der Waals surface area (Å²) in [5.41, 5.74) is 8.98. The van der Waals surface area contributed by atoms with E-state index in [4.69, 9.17) is 14.4 Å². The molecule has 0 saturated carbocycles. The minimum absolute atomic E-state index is 0.689. The van der Waals surface area contributed by atoms with Gasteiger partial charge in [-0.3, -0.25) is 0 Å². The van der Waals surface area contributed by atoms with Gasteiger partial charge in [0, 0.05) is 38.1 Å². The fourth-order valence-electron chi connectivity index (χ4n) is 7.94. The molecule has 3 heterocycles. The number of benzene rings is 8. The number of hydrogen-bond donors (Lipinski definition) is 0. The highest BCUT2D eigenvalue weighted by atomic mass is 16.3. The van der Waals surface area contributed by atoms with Crippen molar-refractivity contribution in [3.63, 3.8) is 0 Å². The van der Waals surface area contributed by atoms with Crippen LogP contribution in [0, 0.1) is 0 Å². The standard InChI is InChI=1S/C46H27N3O/c1-2-13-29-26-30(25-24-28(29)12-1)44-35-18-5-8-19-38(35)47-46(48-44)36-27-37-43-41(22-11-23-42(43)50-45(37)34-17-4-3-14-31(34)36)49-39-20-9-6-15-32(39)33-16-7-10-21-40(33)49/h1-27H. The molecule has 0 spiro atoms. The Hall–Kier alpha value is -6.78. The molecule has 0 bridgehead atoms. The van der Waals surface area contributed by atoms with Crippen molar-refractivity contribution >= 4 is 76.2 Å². The number of para-hydroxylation sites is 3. The van der Waals surface area contributed by atoms with Crippen LogP contribution in [0.4, 0.5) is 0 Å². The number of aromatic nitrogens is 3. The maximum absolute atomic E-state index is 6.77. The molecular weight excluding hydrogens is 611 g/mol. The third kappa shape index (κ3) is 3.87. The van der Waals surface area contributed by atoms with Crippen LogP contribution in [-0.2, 0) is 0 Å². The summed E-state index contributed by atoms with van der Waals surface area (Å²) in [5.74, 6) is 0.689. The van der Waals surface area contributed by atoms with Gasteiger partial charge in [-0.1, -0.05) is 121 Å². The predicted molar refractivity (Wildman–Crippen MR) is 207 cm³/mol. The topological polar surface area (TPSA) is 43.9 Å². The molecule has 0 amide bonds. The van der Waals surface area contributed by atoms with Crippen LogP contribution in [-0.4, -0.2) is 14.5 Å². The average Bonchev–Trinajstić information content (AvgIpc) is 3.73. The highest BCUT2D eigenvalue weighted by Crippen LogP contribution is 2.43. The normalized spacial score (nSPS) is 12.0. The van der Waals surface area contributed by atoms with Gasteiger partial charge < -0.3 is 8.98 Å². The highest BCUT2D eigenvalue weighted by Gasteiger charge is 2.22. The monoisotopic (exact) mass is 637 g/mol. The minimum Gasteiger partial charge on any atom is -0.455 e. The van der Waals surface area contributed by atoms with Crippen molar-refractivity contribution in [3.8, 4) is 28.3 Å². The molecule has 0 aliphatic heterocycles. The first-order valence-electron chi connectivity index (χ1n) is 16.9. The minimum atomic E-state index is 0.689. The summed E-state index contributed by atoms with van der Waals surface area (Å²) in [4.78, 5) is 10.6. The van der Waals surface area contributed by atoms with Gasteiger partial charge in [0.25, 0.3) is 0 Å². The third-order valence-corrected chi connectivity index (χ3v) is 10.2. The summed E-state index contributed by atoms with van der Waals surface area (Å²) in [6, 6.07) is 57.7. The van der Waals surface area contributed by atoms with Crippen LogP contribution in [0.3, 0.4) is 0 Å². The lowest BCUT2D eigenvalue weighted by atomic mass is 9.98. The highest BCUT2D eigenvalue weighted by molar-refractivity contribution is 6.22. The molecule has 0 saturated heterocycles. The van der Waals surface area contributed by atoms with E-state index in [2.05, 4.69) is 162 Å². The van der Waals surface area contributed by atoms with Gasteiger partial charge in [0.1, 0.15) is 11.2 Å². The molecule has 0 N–H and O–H groups in total. The zero-order chi connectivity index (χ0) is 32.8. The van der Waals surface area contributed by atoms with Crippen LogP contribution in [0.5, 0.6) is 0 Å². The zero-order valence-corrected chi connectivity index (χ0v) is 26.8. The lowest BCUT2D eigenvalue weighted by molar-refractivity contribution is 0.672. The lowest BCUT2D eigenvalue weighted by Gasteiger charge is -2.13. The van der Waals surface area contributed by atoms with Crippen LogP contribution in [0.25, 0.3) is 105 Å². The van der Waals surface area contributed by atoms with Crippen molar-refractivity contribution in [1.82, 2.24) is 14.5 Å². The summed E-state index contributed by atoms with van der Waals surface area (Å²) in [6.07, 6.45) is 0. The van der Waals surface area contributed by atoms with E-state index in [0.29, 0.717) is 5.82 Å². The molecule has 0 aliphatic carbocycles. The summed E-state index contributed by atoms with van der Waals surface area (Å²) in [5, 5.41) is 10.1. The Morgan fingerprint density at radius 2 is 1.12 bits per heavy atom. The van der Waals surface area contributed by atoms with Crippen molar-refractivity contribution in [2.75, 3.05) is 0 Å². The van der Waals surface area contributed by atoms with Crippen LogP contribution >= 0.6 is 0 Å². The summed E-state index contributed by atoms with van der Waals surface area (Å²) >= 11 is 0. The first-order chi connectivity index (χ1) is 24.8. The van der Waals surface area contributed by atoms with E-state index in [1.165, 1.54) is 21.5 Å². The molecule has 11 aromatic rings. The summed E-state index contributed by atoms with van der Waals surface area (Å²) in [6.45, 7) is 0. The van der Waals surface area contributed by atoms with Gasteiger partial charge in [0.15, 0.2) is 5.82 Å². The third-order valence-electron chi connectivity index (χ3n) is 10.2. The number of rotatable bonds is 3. The van der Waals surface area contributed by atoms with Crippen LogP contribution in [0.15, 0.2) is 168 Å². The van der Waals surface area contributed by atoms with Gasteiger partial charge in [-0.2, -0.15) is 0 Å². The first-order valence-corrected chi connectivity index (χ1v) is 16.9. The van der Waals surface area contributed by atoms with Gasteiger partial charge in [0.2, 0.25) is 0 Å². The molecule has 0 atom stereocenters. The van der Waals surface area contributed by atoms with Gasteiger partial charge >= 0.3 is 0 Å². The van der Waals surface area contributed by atoms with Crippen LogP contribution < -0.4 is 0 Å². The molecule has 232 valence electrons. The summed E-state index contributed by atoms with van der Waals surface area (Å²) in [7, 11) is 0. The number of nitrogens with zero attached hydrogens (tertiary/aromatic N) is 3. The second kappa shape index (κ2) is 10.4. The molecule has 0 radical (unpaired) electrons. The van der Waals surface area contributed by atoms with Gasteiger partial charge in [0.05, 0.1) is 33.3 Å². The molecule has 4 nitrogen and oxygen atoms in total. The second-order valence-corrected chi connectivity index (χ2v) is 12.9. The first kappa shape index (κ1) is 27.2. The predicted octanol–water partition coefficient (Wildman–Crippen LogP) is 12.3. The number of hydrogen-bond acceptors (Lipinski definition) is 3. The van der Waals surface area contributed by atoms with Crippen molar-refractivity contribution < 1.29 is 4.42 Å². The van der Waals surface area contributed by atoms with Crippen molar-refractivity contribution in [2.45, 2.75) is 0 Å². The van der Waals surface area contributed by atoms with Crippen molar-refractivity contribution in [2.24, 2.45) is 0 Å². The molecular formula is C46H27N3O. The van der Waals surface area contributed by atoms with E-state index in [9.17, 15) is 0 Å². The number of furan rings is 1. The van der Waals surface area contributed by atoms with Crippen molar-refractivity contribution in [1.29, 1.82) is 0 Å². The Bertz CT molecular complexity index is 3110. The molecule has 50 heavy (non-hydrogen) atoms. The SMILES string of the molecule is c1ccc2cc(-c3nc(-c4cc5c(oc6cccc(-n7c8ccccc8c8ccccc87)c65)c5ccccc45)nc4ccccc34)ccc2c1. The Balaban J connectivity index is 1.24. The fourth-order valence-corrected chi connectivity index (χ4v) is 7.94. The number of fused-ring (bicyclic) bond motifs is 10. The molecule has 8 aromatic carbocycles. The Labute approximate surface area is 286 Å². The zero-order valence-electron chi connectivity index (χ0n) is 26.8. The van der Waals surface area contributed by atoms with E-state index in [1.54, 1.807) is 0 Å². The largest absolute Gasteiger partial charge is 0.455 e. The van der Waals surface area contributed by atoms with E-state index < -0.39 is 0 Å². The molecule has 11 rings (SSSR count). The van der Waals surface area contributed by atoms with E-state index in [0.717, 1.165) is 77.2 Å².